The van der Waals surface area contributed by atoms with Gasteiger partial charge in [-0.3, -0.25) is 4.79 Å². The van der Waals surface area contributed by atoms with E-state index in [1.54, 1.807) is 12.1 Å². The predicted molar refractivity (Wildman–Crippen MR) is 97.5 cm³/mol. The van der Waals surface area contributed by atoms with Crippen molar-refractivity contribution in [3.8, 4) is 5.69 Å². The van der Waals surface area contributed by atoms with Gasteiger partial charge < -0.3 is 5.32 Å². The molecule has 1 aromatic heterocycles. The van der Waals surface area contributed by atoms with Crippen LogP contribution < -0.4 is 5.32 Å². The largest absolute Gasteiger partial charge is 0.356 e. The van der Waals surface area contributed by atoms with E-state index in [2.05, 4.69) is 10.4 Å². The van der Waals surface area contributed by atoms with Gasteiger partial charge in [0.2, 0.25) is 5.91 Å². The fourth-order valence-corrected chi connectivity index (χ4v) is 3.28. The molecule has 2 unspecified atom stereocenters. The number of halogens is 1. The Labute approximate surface area is 151 Å². The van der Waals surface area contributed by atoms with Gasteiger partial charge in [-0.05, 0) is 48.1 Å². The summed E-state index contributed by atoms with van der Waals surface area (Å²) in [7, 11) is 0. The van der Waals surface area contributed by atoms with E-state index in [0.29, 0.717) is 12.1 Å². The number of nitrogens with one attached hydrogen (secondary N) is 1. The summed E-state index contributed by atoms with van der Waals surface area (Å²) >= 11 is 0. The quantitative estimate of drug-likeness (QED) is 0.741. The van der Waals surface area contributed by atoms with Crippen LogP contribution in [0.2, 0.25) is 0 Å². The fraction of sp³-hybridized carbons (Fsp3) is 0.238. The molecule has 1 heterocycles. The number of rotatable bonds is 6. The highest BCUT2D eigenvalue weighted by atomic mass is 19.1. The summed E-state index contributed by atoms with van der Waals surface area (Å²) in [5.41, 5.74) is 2.72. The second-order valence-corrected chi connectivity index (χ2v) is 6.64. The predicted octanol–water partition coefficient (Wildman–Crippen LogP) is 3.47. The van der Waals surface area contributed by atoms with Crippen LogP contribution in [0.1, 0.15) is 23.5 Å². The van der Waals surface area contributed by atoms with Crippen LogP contribution in [-0.2, 0) is 11.2 Å². The second kappa shape index (κ2) is 7.12. The minimum absolute atomic E-state index is 0.00806. The Morgan fingerprint density at radius 1 is 1.15 bits per heavy atom. The van der Waals surface area contributed by atoms with Crippen molar-refractivity contribution in [2.45, 2.75) is 18.8 Å². The first-order valence-electron chi connectivity index (χ1n) is 8.83. The highest BCUT2D eigenvalue weighted by Gasteiger charge is 2.44. The monoisotopic (exact) mass is 349 g/mol. The van der Waals surface area contributed by atoms with E-state index in [0.717, 1.165) is 24.1 Å². The molecule has 26 heavy (non-hydrogen) atoms. The third-order valence-electron chi connectivity index (χ3n) is 4.80. The number of hydrogen-bond acceptors (Lipinski definition) is 2. The lowest BCUT2D eigenvalue weighted by Gasteiger charge is -2.05. The maximum atomic E-state index is 13.8. The van der Waals surface area contributed by atoms with Crippen LogP contribution in [0.3, 0.4) is 0 Å². The topological polar surface area (TPSA) is 46.9 Å². The first-order chi connectivity index (χ1) is 12.7. The molecule has 2 aromatic carbocycles. The number of para-hydroxylation sites is 1. The molecule has 132 valence electrons. The van der Waals surface area contributed by atoms with Crippen molar-refractivity contribution in [3.05, 3.63) is 83.9 Å². The minimum atomic E-state index is -0.221. The smallest absolute Gasteiger partial charge is 0.223 e. The molecule has 0 aliphatic heterocycles. The molecule has 1 amide bonds. The molecule has 0 spiro atoms. The summed E-state index contributed by atoms with van der Waals surface area (Å²) in [6.45, 7) is 0.555. The SMILES string of the molecule is O=C(NCCc1cnn(-c2ccccc2)c1)C1CC1c1ccccc1F. The number of nitrogens with zero attached hydrogens (tertiary/aromatic N) is 2. The molecule has 0 saturated heterocycles. The van der Waals surface area contributed by atoms with Crippen molar-refractivity contribution in [1.29, 1.82) is 0 Å². The van der Waals surface area contributed by atoms with Crippen molar-refractivity contribution < 1.29 is 9.18 Å². The molecule has 0 radical (unpaired) electrons. The summed E-state index contributed by atoms with van der Waals surface area (Å²) in [5.74, 6) is -0.314. The van der Waals surface area contributed by atoms with Gasteiger partial charge in [-0.15, -0.1) is 0 Å². The summed E-state index contributed by atoms with van der Waals surface area (Å²) < 4.78 is 15.6. The maximum Gasteiger partial charge on any atom is 0.223 e. The Hall–Kier alpha value is -2.95. The first kappa shape index (κ1) is 16.5. The molecule has 1 saturated carbocycles. The molecule has 1 aliphatic carbocycles. The van der Waals surface area contributed by atoms with E-state index in [4.69, 9.17) is 0 Å². The third kappa shape index (κ3) is 3.52. The Morgan fingerprint density at radius 2 is 1.92 bits per heavy atom. The average molecular weight is 349 g/mol. The van der Waals surface area contributed by atoms with Crippen molar-refractivity contribution >= 4 is 5.91 Å². The maximum absolute atomic E-state index is 13.8. The third-order valence-corrected chi connectivity index (χ3v) is 4.80. The minimum Gasteiger partial charge on any atom is -0.356 e. The van der Waals surface area contributed by atoms with Gasteiger partial charge in [0, 0.05) is 18.7 Å². The molecule has 3 aromatic rings. The van der Waals surface area contributed by atoms with E-state index < -0.39 is 0 Å². The number of hydrogen-bond donors (Lipinski definition) is 1. The summed E-state index contributed by atoms with van der Waals surface area (Å²) in [5, 5.41) is 7.32. The molecule has 1 N–H and O–H groups in total. The number of carbonyl (C=O) groups excluding carboxylic acids is 1. The molecule has 4 nitrogen and oxygen atoms in total. The molecule has 4 rings (SSSR count). The van der Waals surface area contributed by atoms with E-state index in [9.17, 15) is 9.18 Å². The standard InChI is InChI=1S/C21H20FN3O/c22-20-9-5-4-8-17(20)18-12-19(18)21(26)23-11-10-15-13-24-25(14-15)16-6-2-1-3-7-16/h1-9,13-14,18-19H,10-12H2,(H,23,26). The molecular weight excluding hydrogens is 329 g/mol. The molecule has 1 fully saturated rings. The molecule has 2 atom stereocenters. The van der Waals surface area contributed by atoms with Gasteiger partial charge in [-0.25, -0.2) is 9.07 Å². The van der Waals surface area contributed by atoms with Crippen LogP contribution >= 0.6 is 0 Å². The van der Waals surface area contributed by atoms with Crippen LogP contribution in [0.15, 0.2) is 67.0 Å². The van der Waals surface area contributed by atoms with Gasteiger partial charge in [0.1, 0.15) is 5.82 Å². The summed E-state index contributed by atoms with van der Waals surface area (Å²) in [6.07, 6.45) is 5.23. The van der Waals surface area contributed by atoms with Crippen molar-refractivity contribution in [2.24, 2.45) is 5.92 Å². The van der Waals surface area contributed by atoms with Crippen LogP contribution in [0.5, 0.6) is 0 Å². The van der Waals surface area contributed by atoms with Gasteiger partial charge in [-0.2, -0.15) is 5.10 Å². The van der Waals surface area contributed by atoms with E-state index >= 15 is 0 Å². The van der Waals surface area contributed by atoms with Gasteiger partial charge >= 0.3 is 0 Å². The zero-order chi connectivity index (χ0) is 17.9. The van der Waals surface area contributed by atoms with Crippen molar-refractivity contribution in [2.75, 3.05) is 6.54 Å². The summed E-state index contributed by atoms with van der Waals surface area (Å²) in [6, 6.07) is 16.6. The van der Waals surface area contributed by atoms with Crippen LogP contribution in [0, 0.1) is 11.7 Å². The number of aromatic nitrogens is 2. The van der Waals surface area contributed by atoms with Gasteiger partial charge in [0.05, 0.1) is 11.9 Å². The Balaban J connectivity index is 1.27. The number of carbonyl (C=O) groups is 1. The van der Waals surface area contributed by atoms with Crippen molar-refractivity contribution in [3.63, 3.8) is 0 Å². The zero-order valence-electron chi connectivity index (χ0n) is 14.3. The van der Waals surface area contributed by atoms with Crippen LogP contribution in [0.4, 0.5) is 4.39 Å². The first-order valence-corrected chi connectivity index (χ1v) is 8.83. The Morgan fingerprint density at radius 3 is 2.73 bits per heavy atom. The number of benzene rings is 2. The molecule has 0 bridgehead atoms. The highest BCUT2D eigenvalue weighted by Crippen LogP contribution is 2.48. The Kier molecular flexibility index (Phi) is 4.52. The highest BCUT2D eigenvalue weighted by molar-refractivity contribution is 5.82. The van der Waals surface area contributed by atoms with Gasteiger partial charge in [-0.1, -0.05) is 36.4 Å². The van der Waals surface area contributed by atoms with Crippen molar-refractivity contribution in [1.82, 2.24) is 15.1 Å². The molecule has 5 heteroatoms. The lowest BCUT2D eigenvalue weighted by atomic mass is 10.1. The lowest BCUT2D eigenvalue weighted by molar-refractivity contribution is -0.122. The second-order valence-electron chi connectivity index (χ2n) is 6.64. The van der Waals surface area contributed by atoms with E-state index in [-0.39, 0.29) is 23.6 Å². The van der Waals surface area contributed by atoms with Gasteiger partial charge in [0.25, 0.3) is 0 Å². The zero-order valence-corrected chi connectivity index (χ0v) is 14.3. The molecule has 1 aliphatic rings. The summed E-state index contributed by atoms with van der Waals surface area (Å²) in [4.78, 5) is 12.3. The van der Waals surface area contributed by atoms with E-state index in [1.807, 2.05) is 53.5 Å². The van der Waals surface area contributed by atoms with Gasteiger partial charge in [0.15, 0.2) is 0 Å². The normalized spacial score (nSPS) is 18.5. The van der Waals surface area contributed by atoms with E-state index in [1.165, 1.54) is 6.07 Å². The van der Waals surface area contributed by atoms with Crippen LogP contribution in [-0.4, -0.2) is 22.2 Å². The lowest BCUT2D eigenvalue weighted by Crippen LogP contribution is -2.27. The number of amides is 1. The molecular formula is C21H20FN3O. The average Bonchev–Trinajstić information content (AvgIpc) is 3.33. The Bertz CT molecular complexity index is 906. The fourth-order valence-electron chi connectivity index (χ4n) is 3.28. The van der Waals surface area contributed by atoms with Crippen LogP contribution in [0.25, 0.3) is 5.69 Å².